The van der Waals surface area contributed by atoms with Gasteiger partial charge < -0.3 is 0 Å². The van der Waals surface area contributed by atoms with Crippen molar-refractivity contribution in [3.05, 3.63) is 29.8 Å². The summed E-state index contributed by atoms with van der Waals surface area (Å²) in [5.41, 5.74) is 2.64. The number of sulfonamides is 1. The number of nitrogens with one attached hydrogen (secondary N) is 2. The zero-order valence-corrected chi connectivity index (χ0v) is 11.9. The molecule has 1 aromatic rings. The number of rotatable bonds is 4. The minimum atomic E-state index is -3.46. The van der Waals surface area contributed by atoms with E-state index in [0.717, 1.165) is 0 Å². The van der Waals surface area contributed by atoms with Crippen LogP contribution in [0, 0.1) is 0 Å². The van der Waals surface area contributed by atoms with Gasteiger partial charge in [0.25, 0.3) is 0 Å². The zero-order valence-electron chi connectivity index (χ0n) is 11.1. The Kier molecular flexibility index (Phi) is 4.54. The van der Waals surface area contributed by atoms with Crippen molar-refractivity contribution in [1.82, 2.24) is 5.48 Å². The van der Waals surface area contributed by atoms with Crippen LogP contribution >= 0.6 is 0 Å². The molecule has 0 saturated heterocycles. The summed E-state index contributed by atoms with van der Waals surface area (Å²) in [4.78, 5) is 11.0. The van der Waals surface area contributed by atoms with Gasteiger partial charge in [0.1, 0.15) is 0 Å². The standard InChI is InChI=1S/C12H18N2O4S/c1-12(2,3)19(17,18)14-10-6-4-9(5-7-10)8-11(15)13-16/h4-7,14,16H,8H2,1-3H3,(H,13,15). The molecule has 0 aliphatic rings. The Hall–Kier alpha value is -1.60. The van der Waals surface area contributed by atoms with Crippen LogP contribution in [0.15, 0.2) is 24.3 Å². The van der Waals surface area contributed by atoms with Crippen LogP contribution in [0.25, 0.3) is 0 Å². The van der Waals surface area contributed by atoms with Gasteiger partial charge in [-0.15, -0.1) is 0 Å². The largest absolute Gasteiger partial charge is 0.289 e. The molecular weight excluding hydrogens is 268 g/mol. The third kappa shape index (κ3) is 4.22. The molecule has 0 heterocycles. The first kappa shape index (κ1) is 15.5. The lowest BCUT2D eigenvalue weighted by atomic mass is 10.1. The van der Waals surface area contributed by atoms with Crippen molar-refractivity contribution in [2.24, 2.45) is 0 Å². The van der Waals surface area contributed by atoms with Gasteiger partial charge in [0.05, 0.1) is 11.2 Å². The van der Waals surface area contributed by atoms with E-state index in [2.05, 4.69) is 4.72 Å². The number of benzene rings is 1. The van der Waals surface area contributed by atoms with E-state index in [0.29, 0.717) is 11.3 Å². The van der Waals surface area contributed by atoms with Gasteiger partial charge in [-0.1, -0.05) is 12.1 Å². The van der Waals surface area contributed by atoms with Crippen LogP contribution in [0.5, 0.6) is 0 Å². The molecule has 0 atom stereocenters. The third-order valence-corrected chi connectivity index (χ3v) is 4.62. The summed E-state index contributed by atoms with van der Waals surface area (Å²) in [5.74, 6) is -0.525. The summed E-state index contributed by atoms with van der Waals surface area (Å²) in [7, 11) is -3.46. The van der Waals surface area contributed by atoms with Crippen molar-refractivity contribution in [3.63, 3.8) is 0 Å². The Bertz CT molecular complexity index is 544. The Morgan fingerprint density at radius 1 is 1.21 bits per heavy atom. The smallest absolute Gasteiger partial charge is 0.247 e. The monoisotopic (exact) mass is 286 g/mol. The lowest BCUT2D eigenvalue weighted by Gasteiger charge is -2.20. The first-order valence-electron chi connectivity index (χ1n) is 5.70. The van der Waals surface area contributed by atoms with E-state index in [1.54, 1.807) is 45.0 Å². The zero-order chi connectivity index (χ0) is 14.7. The highest BCUT2D eigenvalue weighted by Gasteiger charge is 2.28. The van der Waals surface area contributed by atoms with Crippen molar-refractivity contribution in [3.8, 4) is 0 Å². The predicted octanol–water partition coefficient (Wildman–Crippen LogP) is 1.27. The molecular formula is C12H18N2O4S. The topological polar surface area (TPSA) is 95.5 Å². The summed E-state index contributed by atoms with van der Waals surface area (Å²) < 4.78 is 25.4. The third-order valence-electron chi connectivity index (χ3n) is 2.50. The summed E-state index contributed by atoms with van der Waals surface area (Å²) in [6.07, 6.45) is 0.0306. The molecule has 0 saturated carbocycles. The second kappa shape index (κ2) is 5.58. The molecule has 0 fully saturated rings. The average Bonchev–Trinajstić information content (AvgIpc) is 2.29. The van der Waals surface area contributed by atoms with Crippen LogP contribution in [0.2, 0.25) is 0 Å². The first-order chi connectivity index (χ1) is 8.65. The summed E-state index contributed by atoms with van der Waals surface area (Å²) in [6, 6.07) is 6.39. The van der Waals surface area contributed by atoms with Crippen LogP contribution < -0.4 is 10.2 Å². The van der Waals surface area contributed by atoms with Crippen molar-refractivity contribution >= 4 is 21.6 Å². The average molecular weight is 286 g/mol. The van der Waals surface area contributed by atoms with E-state index in [-0.39, 0.29) is 6.42 Å². The maximum absolute atomic E-state index is 11.9. The van der Waals surface area contributed by atoms with Crippen LogP contribution in [0.4, 0.5) is 5.69 Å². The van der Waals surface area contributed by atoms with E-state index in [4.69, 9.17) is 5.21 Å². The van der Waals surface area contributed by atoms with Gasteiger partial charge in [-0.3, -0.25) is 14.7 Å². The SMILES string of the molecule is CC(C)(C)S(=O)(=O)Nc1ccc(CC(=O)NO)cc1. The highest BCUT2D eigenvalue weighted by atomic mass is 32.2. The van der Waals surface area contributed by atoms with Crippen molar-refractivity contribution in [2.75, 3.05) is 4.72 Å². The second-order valence-corrected chi connectivity index (χ2v) is 7.56. The molecule has 0 radical (unpaired) electrons. The van der Waals surface area contributed by atoms with Gasteiger partial charge in [0.2, 0.25) is 15.9 Å². The molecule has 0 unspecified atom stereocenters. The number of anilines is 1. The number of carbonyl (C=O) groups is 1. The Labute approximate surface area is 112 Å². The molecule has 1 aromatic carbocycles. The minimum absolute atomic E-state index is 0.0306. The molecule has 0 aromatic heterocycles. The Morgan fingerprint density at radius 2 is 1.74 bits per heavy atom. The van der Waals surface area contributed by atoms with Crippen LogP contribution in [-0.2, 0) is 21.2 Å². The molecule has 106 valence electrons. The molecule has 0 aliphatic heterocycles. The molecule has 1 amide bonds. The molecule has 3 N–H and O–H groups in total. The molecule has 7 heteroatoms. The molecule has 19 heavy (non-hydrogen) atoms. The minimum Gasteiger partial charge on any atom is -0.289 e. The maximum Gasteiger partial charge on any atom is 0.247 e. The first-order valence-corrected chi connectivity index (χ1v) is 7.18. The Balaban J connectivity index is 2.81. The summed E-state index contributed by atoms with van der Waals surface area (Å²) in [5, 5.41) is 8.40. The number of amides is 1. The van der Waals surface area contributed by atoms with E-state index < -0.39 is 20.7 Å². The predicted molar refractivity (Wildman–Crippen MR) is 72.4 cm³/mol. The fourth-order valence-electron chi connectivity index (χ4n) is 1.22. The van der Waals surface area contributed by atoms with E-state index in [1.807, 2.05) is 0 Å². The van der Waals surface area contributed by atoms with Crippen molar-refractivity contribution < 1.29 is 18.4 Å². The molecule has 1 rings (SSSR count). The second-order valence-electron chi connectivity index (χ2n) is 5.13. The normalized spacial score (nSPS) is 12.0. The number of hydroxylamine groups is 1. The lowest BCUT2D eigenvalue weighted by Crippen LogP contribution is -2.33. The fourth-order valence-corrected chi connectivity index (χ4v) is 1.98. The molecule has 0 bridgehead atoms. The maximum atomic E-state index is 11.9. The fraction of sp³-hybridized carbons (Fsp3) is 0.417. The lowest BCUT2D eigenvalue weighted by molar-refractivity contribution is -0.128. The molecule has 0 spiro atoms. The van der Waals surface area contributed by atoms with E-state index >= 15 is 0 Å². The quantitative estimate of drug-likeness (QED) is 0.574. The van der Waals surface area contributed by atoms with Crippen LogP contribution in [0.1, 0.15) is 26.3 Å². The number of hydrogen-bond acceptors (Lipinski definition) is 4. The van der Waals surface area contributed by atoms with Gasteiger partial charge in [-0.05, 0) is 38.5 Å². The number of hydrogen-bond donors (Lipinski definition) is 3. The number of carbonyl (C=O) groups excluding carboxylic acids is 1. The summed E-state index contributed by atoms with van der Waals surface area (Å²) >= 11 is 0. The van der Waals surface area contributed by atoms with Gasteiger partial charge in [0, 0.05) is 5.69 Å². The highest BCUT2D eigenvalue weighted by molar-refractivity contribution is 7.94. The van der Waals surface area contributed by atoms with Gasteiger partial charge >= 0.3 is 0 Å². The highest BCUT2D eigenvalue weighted by Crippen LogP contribution is 2.19. The van der Waals surface area contributed by atoms with Crippen molar-refractivity contribution in [2.45, 2.75) is 31.9 Å². The van der Waals surface area contributed by atoms with Crippen LogP contribution in [-0.4, -0.2) is 24.3 Å². The van der Waals surface area contributed by atoms with Crippen LogP contribution in [0.3, 0.4) is 0 Å². The van der Waals surface area contributed by atoms with Gasteiger partial charge in [0.15, 0.2) is 0 Å². The molecule has 0 aliphatic carbocycles. The molecule has 6 nitrogen and oxygen atoms in total. The Morgan fingerprint density at radius 3 is 2.16 bits per heavy atom. The van der Waals surface area contributed by atoms with Gasteiger partial charge in [-0.25, -0.2) is 13.9 Å². The van der Waals surface area contributed by atoms with E-state index in [1.165, 1.54) is 5.48 Å². The van der Waals surface area contributed by atoms with Crippen molar-refractivity contribution in [1.29, 1.82) is 0 Å². The van der Waals surface area contributed by atoms with E-state index in [9.17, 15) is 13.2 Å². The summed E-state index contributed by atoms with van der Waals surface area (Å²) in [6.45, 7) is 4.82. The van der Waals surface area contributed by atoms with Gasteiger partial charge in [-0.2, -0.15) is 0 Å².